The van der Waals surface area contributed by atoms with Crippen LogP contribution in [0.25, 0.3) is 0 Å². The Morgan fingerprint density at radius 2 is 1.72 bits per heavy atom. The van der Waals surface area contributed by atoms with Crippen molar-refractivity contribution in [2.75, 3.05) is 30.5 Å². The number of anilines is 2. The molecule has 29 heavy (non-hydrogen) atoms. The van der Waals surface area contributed by atoms with Crippen molar-refractivity contribution in [3.05, 3.63) is 59.7 Å². The molecule has 0 bridgehead atoms. The summed E-state index contributed by atoms with van der Waals surface area (Å²) in [5.41, 5.74) is 1.12. The summed E-state index contributed by atoms with van der Waals surface area (Å²) >= 11 is 0. The molecule has 0 aliphatic heterocycles. The van der Waals surface area contributed by atoms with E-state index in [0.717, 1.165) is 0 Å². The Morgan fingerprint density at radius 3 is 2.38 bits per heavy atom. The highest BCUT2D eigenvalue weighted by Gasteiger charge is 2.19. The summed E-state index contributed by atoms with van der Waals surface area (Å²) in [7, 11) is 1.26. The number of ether oxygens (including phenoxy) is 2. The fraction of sp³-hybridized carbons (Fsp3) is 0.238. The van der Waals surface area contributed by atoms with E-state index in [1.165, 1.54) is 31.1 Å². The van der Waals surface area contributed by atoms with Gasteiger partial charge in [-0.05, 0) is 37.3 Å². The first kappa shape index (κ1) is 21.6. The average Bonchev–Trinajstić information content (AvgIpc) is 2.71. The number of carbonyl (C=O) groups is 4. The normalized spacial score (nSPS) is 10.0. The van der Waals surface area contributed by atoms with Crippen LogP contribution in [-0.4, -0.2) is 44.0 Å². The first-order valence-corrected chi connectivity index (χ1v) is 8.89. The van der Waals surface area contributed by atoms with Gasteiger partial charge in [-0.15, -0.1) is 0 Å². The highest BCUT2D eigenvalue weighted by molar-refractivity contribution is 6.05. The second kappa shape index (κ2) is 10.0. The van der Waals surface area contributed by atoms with Crippen LogP contribution in [0.15, 0.2) is 48.5 Å². The van der Waals surface area contributed by atoms with E-state index < -0.39 is 17.8 Å². The number of nitrogens with one attached hydrogen (secondary N) is 1. The van der Waals surface area contributed by atoms with Crippen LogP contribution in [0.2, 0.25) is 0 Å². The van der Waals surface area contributed by atoms with E-state index in [1.54, 1.807) is 43.3 Å². The van der Waals surface area contributed by atoms with Crippen molar-refractivity contribution in [1.82, 2.24) is 0 Å². The van der Waals surface area contributed by atoms with Crippen LogP contribution in [0.1, 0.15) is 34.6 Å². The zero-order valence-electron chi connectivity index (χ0n) is 16.4. The Hall–Kier alpha value is -3.68. The van der Waals surface area contributed by atoms with Gasteiger partial charge in [0.1, 0.15) is 6.54 Å². The Morgan fingerprint density at radius 1 is 1.00 bits per heavy atom. The highest BCUT2D eigenvalue weighted by Crippen LogP contribution is 2.19. The number of hydrogen-bond donors (Lipinski definition) is 1. The summed E-state index contributed by atoms with van der Waals surface area (Å²) in [6.07, 6.45) is 0. The molecular formula is C21H22N2O6. The predicted molar refractivity (Wildman–Crippen MR) is 107 cm³/mol. The van der Waals surface area contributed by atoms with Gasteiger partial charge in [-0.3, -0.25) is 9.59 Å². The predicted octanol–water partition coefficient (Wildman–Crippen LogP) is 2.64. The molecule has 0 heterocycles. The lowest BCUT2D eigenvalue weighted by Gasteiger charge is -2.21. The number of carbonyl (C=O) groups excluding carboxylic acids is 4. The summed E-state index contributed by atoms with van der Waals surface area (Å²) in [4.78, 5) is 49.6. The molecule has 0 unspecified atom stereocenters. The number of benzene rings is 2. The molecule has 8 nitrogen and oxygen atoms in total. The zero-order valence-corrected chi connectivity index (χ0v) is 16.4. The number of methoxy groups -OCH3 is 1. The van der Waals surface area contributed by atoms with Gasteiger partial charge in [-0.25, -0.2) is 9.59 Å². The number of rotatable bonds is 7. The zero-order chi connectivity index (χ0) is 21.4. The van der Waals surface area contributed by atoms with E-state index in [0.29, 0.717) is 5.69 Å². The minimum Gasteiger partial charge on any atom is -0.465 e. The van der Waals surface area contributed by atoms with Gasteiger partial charge < -0.3 is 19.7 Å². The van der Waals surface area contributed by atoms with Gasteiger partial charge in [0.05, 0.1) is 30.5 Å². The summed E-state index contributed by atoms with van der Waals surface area (Å²) in [6, 6.07) is 12.6. The van der Waals surface area contributed by atoms with E-state index in [2.05, 4.69) is 10.1 Å². The van der Waals surface area contributed by atoms with E-state index in [-0.39, 0.29) is 35.9 Å². The molecule has 2 aromatic rings. The molecule has 0 spiro atoms. The van der Waals surface area contributed by atoms with Gasteiger partial charge in [0.25, 0.3) is 0 Å². The van der Waals surface area contributed by atoms with Crippen molar-refractivity contribution in [1.29, 1.82) is 0 Å². The van der Waals surface area contributed by atoms with E-state index >= 15 is 0 Å². The maximum Gasteiger partial charge on any atom is 0.340 e. The smallest absolute Gasteiger partial charge is 0.340 e. The van der Waals surface area contributed by atoms with Crippen molar-refractivity contribution in [2.45, 2.75) is 13.8 Å². The van der Waals surface area contributed by atoms with Gasteiger partial charge >= 0.3 is 11.9 Å². The molecule has 0 aromatic heterocycles. The first-order valence-electron chi connectivity index (χ1n) is 8.89. The van der Waals surface area contributed by atoms with Gasteiger partial charge in [0.2, 0.25) is 11.8 Å². The van der Waals surface area contributed by atoms with Gasteiger partial charge in [0, 0.05) is 12.6 Å². The number of para-hydroxylation sites is 1. The lowest BCUT2D eigenvalue weighted by Crippen LogP contribution is -2.37. The van der Waals surface area contributed by atoms with Crippen LogP contribution in [-0.2, 0) is 19.1 Å². The number of esters is 2. The quantitative estimate of drug-likeness (QED) is 0.720. The van der Waals surface area contributed by atoms with Gasteiger partial charge in [-0.1, -0.05) is 18.2 Å². The van der Waals surface area contributed by atoms with Crippen LogP contribution < -0.4 is 10.2 Å². The number of hydrogen-bond acceptors (Lipinski definition) is 6. The number of nitrogens with zero attached hydrogens (tertiary/aromatic N) is 1. The van der Waals surface area contributed by atoms with E-state index in [9.17, 15) is 19.2 Å². The molecule has 1 N–H and O–H groups in total. The monoisotopic (exact) mass is 398 g/mol. The van der Waals surface area contributed by atoms with Gasteiger partial charge in [-0.2, -0.15) is 0 Å². The molecule has 8 heteroatoms. The first-order chi connectivity index (χ1) is 13.9. The minimum absolute atomic E-state index is 0.204. The Labute approximate surface area is 168 Å². The molecule has 0 fully saturated rings. The Balaban J connectivity index is 2.21. The summed E-state index contributed by atoms with van der Waals surface area (Å²) in [6.45, 7) is 2.89. The maximum absolute atomic E-state index is 12.6. The maximum atomic E-state index is 12.6. The average molecular weight is 398 g/mol. The fourth-order valence-corrected chi connectivity index (χ4v) is 2.62. The topological polar surface area (TPSA) is 102 Å². The van der Waals surface area contributed by atoms with Crippen molar-refractivity contribution in [3.63, 3.8) is 0 Å². The van der Waals surface area contributed by atoms with Crippen LogP contribution in [0.3, 0.4) is 0 Å². The lowest BCUT2D eigenvalue weighted by atomic mass is 10.1. The van der Waals surface area contributed by atoms with E-state index in [1.807, 2.05) is 0 Å². The standard InChI is InChI=1S/C21H22N2O6/c1-4-29-21(27)17-10-5-6-11-18(17)22-19(25)13-23(14(2)24)16-9-7-8-15(12-16)20(26)28-3/h5-12H,4,13H2,1-3H3,(H,22,25). The van der Waals surface area contributed by atoms with Crippen LogP contribution in [0.4, 0.5) is 11.4 Å². The van der Waals surface area contributed by atoms with Crippen molar-refractivity contribution in [2.24, 2.45) is 0 Å². The van der Waals surface area contributed by atoms with E-state index in [4.69, 9.17) is 4.74 Å². The molecule has 0 atom stereocenters. The summed E-state index contributed by atoms with van der Waals surface area (Å²) in [5.74, 6) is -2.01. The molecule has 0 aliphatic carbocycles. The lowest BCUT2D eigenvalue weighted by molar-refractivity contribution is -0.120. The summed E-state index contributed by atoms with van der Waals surface area (Å²) < 4.78 is 9.67. The molecule has 2 aromatic carbocycles. The third-order valence-corrected chi connectivity index (χ3v) is 3.96. The van der Waals surface area contributed by atoms with Crippen molar-refractivity contribution >= 4 is 35.1 Å². The second-order valence-corrected chi connectivity index (χ2v) is 5.96. The van der Waals surface area contributed by atoms with Gasteiger partial charge in [0.15, 0.2) is 0 Å². The molecule has 0 radical (unpaired) electrons. The van der Waals surface area contributed by atoms with Crippen molar-refractivity contribution < 1.29 is 28.7 Å². The molecular weight excluding hydrogens is 376 g/mol. The number of amides is 2. The SMILES string of the molecule is CCOC(=O)c1ccccc1NC(=O)CN(C(C)=O)c1cccc(C(=O)OC)c1. The molecule has 152 valence electrons. The van der Waals surface area contributed by atoms with Crippen LogP contribution >= 0.6 is 0 Å². The van der Waals surface area contributed by atoms with Crippen LogP contribution in [0, 0.1) is 0 Å². The fourth-order valence-electron chi connectivity index (χ4n) is 2.62. The molecule has 0 saturated heterocycles. The second-order valence-electron chi connectivity index (χ2n) is 5.96. The molecule has 0 saturated carbocycles. The largest absolute Gasteiger partial charge is 0.465 e. The van der Waals surface area contributed by atoms with Crippen LogP contribution in [0.5, 0.6) is 0 Å². The van der Waals surface area contributed by atoms with Crippen molar-refractivity contribution in [3.8, 4) is 0 Å². The Bertz CT molecular complexity index is 925. The Kier molecular flexibility index (Phi) is 7.47. The molecule has 0 aliphatic rings. The highest BCUT2D eigenvalue weighted by atomic mass is 16.5. The minimum atomic E-state index is -0.558. The third-order valence-electron chi connectivity index (χ3n) is 3.96. The molecule has 2 amide bonds. The summed E-state index contributed by atoms with van der Waals surface area (Å²) in [5, 5.41) is 2.63. The molecule has 2 rings (SSSR count). The third kappa shape index (κ3) is 5.65.